The van der Waals surface area contributed by atoms with Crippen LogP contribution >= 0.6 is 0 Å². The third-order valence-corrected chi connectivity index (χ3v) is 5.38. The second-order valence-corrected chi connectivity index (χ2v) is 7.68. The van der Waals surface area contributed by atoms with Crippen LogP contribution in [0.4, 0.5) is 15.9 Å². The van der Waals surface area contributed by atoms with E-state index in [0.717, 1.165) is 39.6 Å². The van der Waals surface area contributed by atoms with Crippen LogP contribution in [0.15, 0.2) is 109 Å². The highest BCUT2D eigenvalue weighted by Crippen LogP contribution is 2.40. The summed E-state index contributed by atoms with van der Waals surface area (Å²) in [5.41, 5.74) is 6.83. The highest BCUT2D eigenvalue weighted by atomic mass is 19.1. The molecule has 0 spiro atoms. The van der Waals surface area contributed by atoms with Crippen molar-refractivity contribution >= 4 is 11.5 Å². The fourth-order valence-corrected chi connectivity index (χ4v) is 3.75. The maximum absolute atomic E-state index is 13.7. The van der Waals surface area contributed by atoms with E-state index in [1.54, 1.807) is 12.1 Å². The molecule has 0 aliphatic heterocycles. The van der Waals surface area contributed by atoms with Gasteiger partial charge in [0.15, 0.2) is 0 Å². The molecule has 4 heteroatoms. The minimum Gasteiger partial charge on any atom is -0.340 e. The molecule has 0 saturated heterocycles. The van der Waals surface area contributed by atoms with Crippen LogP contribution in [0.1, 0.15) is 5.56 Å². The van der Waals surface area contributed by atoms with Gasteiger partial charge in [0.25, 0.3) is 0 Å². The molecule has 4 aromatic carbocycles. The summed E-state index contributed by atoms with van der Waals surface area (Å²) < 4.78 is 15.5. The number of nitrogens with one attached hydrogen (secondary N) is 1. The van der Waals surface area contributed by atoms with E-state index in [2.05, 4.69) is 48.6 Å². The van der Waals surface area contributed by atoms with Gasteiger partial charge in [-0.25, -0.2) is 9.07 Å². The lowest BCUT2D eigenvalue weighted by Crippen LogP contribution is -2.03. The number of rotatable bonds is 5. The Bertz CT molecular complexity index is 1320. The minimum atomic E-state index is -0.277. The van der Waals surface area contributed by atoms with Crippen molar-refractivity contribution in [3.63, 3.8) is 0 Å². The number of halogens is 1. The van der Waals surface area contributed by atoms with Gasteiger partial charge in [-0.3, -0.25) is 0 Å². The van der Waals surface area contributed by atoms with Gasteiger partial charge in [0.2, 0.25) is 0 Å². The molecule has 0 atom stereocenters. The Kier molecular flexibility index (Phi) is 5.26. The molecule has 0 aliphatic rings. The average Bonchev–Trinajstić information content (AvgIpc) is 3.21. The van der Waals surface area contributed by atoms with E-state index < -0.39 is 0 Å². The molecule has 0 bridgehead atoms. The Balaban J connectivity index is 1.78. The molecule has 5 rings (SSSR count). The Labute approximate surface area is 186 Å². The Morgan fingerprint density at radius 1 is 0.688 bits per heavy atom. The van der Waals surface area contributed by atoms with Crippen LogP contribution in [0.25, 0.3) is 28.1 Å². The van der Waals surface area contributed by atoms with Crippen LogP contribution in [0, 0.1) is 12.7 Å². The third-order valence-electron chi connectivity index (χ3n) is 5.38. The van der Waals surface area contributed by atoms with Crippen molar-refractivity contribution in [3.05, 3.63) is 121 Å². The molecule has 1 heterocycles. The van der Waals surface area contributed by atoms with Crippen LogP contribution in [0.5, 0.6) is 0 Å². The van der Waals surface area contributed by atoms with Crippen LogP contribution in [-0.4, -0.2) is 9.78 Å². The molecule has 0 unspecified atom stereocenters. The van der Waals surface area contributed by atoms with E-state index in [4.69, 9.17) is 5.10 Å². The van der Waals surface area contributed by atoms with Gasteiger partial charge in [-0.1, -0.05) is 78.4 Å². The maximum Gasteiger partial charge on any atom is 0.142 e. The molecule has 1 aromatic heterocycles. The lowest BCUT2D eigenvalue weighted by molar-refractivity contribution is 0.627. The average molecular weight is 420 g/mol. The van der Waals surface area contributed by atoms with Crippen LogP contribution in [0.3, 0.4) is 0 Å². The van der Waals surface area contributed by atoms with E-state index in [0.29, 0.717) is 0 Å². The smallest absolute Gasteiger partial charge is 0.142 e. The fraction of sp³-hybridized carbons (Fsp3) is 0.0357. The second kappa shape index (κ2) is 8.52. The summed E-state index contributed by atoms with van der Waals surface area (Å²) in [4.78, 5) is 0. The molecule has 156 valence electrons. The van der Waals surface area contributed by atoms with E-state index in [-0.39, 0.29) is 5.82 Å². The molecule has 0 amide bonds. The zero-order valence-electron chi connectivity index (χ0n) is 17.7. The van der Waals surface area contributed by atoms with Gasteiger partial charge in [-0.05, 0) is 48.9 Å². The van der Waals surface area contributed by atoms with E-state index in [1.165, 1.54) is 17.7 Å². The molecule has 3 nitrogen and oxygen atoms in total. The maximum atomic E-state index is 13.7. The van der Waals surface area contributed by atoms with Crippen LogP contribution in [-0.2, 0) is 0 Å². The van der Waals surface area contributed by atoms with Crippen LogP contribution < -0.4 is 5.32 Å². The van der Waals surface area contributed by atoms with Crippen molar-refractivity contribution in [1.29, 1.82) is 0 Å². The lowest BCUT2D eigenvalue weighted by atomic mass is 10.0. The molecule has 1 N–H and O–H groups in total. The molecule has 5 aromatic rings. The van der Waals surface area contributed by atoms with Crippen molar-refractivity contribution in [1.82, 2.24) is 9.78 Å². The van der Waals surface area contributed by atoms with E-state index in [1.807, 2.05) is 53.2 Å². The number of hydrogen-bond donors (Lipinski definition) is 1. The van der Waals surface area contributed by atoms with E-state index >= 15 is 0 Å². The molecular weight excluding hydrogens is 397 g/mol. The summed E-state index contributed by atoms with van der Waals surface area (Å²) in [5.74, 6) is 0.547. The van der Waals surface area contributed by atoms with Gasteiger partial charge in [-0.15, -0.1) is 0 Å². The summed E-state index contributed by atoms with van der Waals surface area (Å²) >= 11 is 0. The molecular formula is C28H22FN3. The van der Waals surface area contributed by atoms with Gasteiger partial charge in [0, 0.05) is 11.3 Å². The third kappa shape index (κ3) is 3.91. The first-order valence-corrected chi connectivity index (χ1v) is 10.5. The number of aryl methyl sites for hydroxylation is 1. The zero-order valence-corrected chi connectivity index (χ0v) is 17.7. The zero-order chi connectivity index (χ0) is 21.9. The Morgan fingerprint density at radius 3 is 1.91 bits per heavy atom. The predicted molar refractivity (Wildman–Crippen MR) is 129 cm³/mol. The topological polar surface area (TPSA) is 29.9 Å². The van der Waals surface area contributed by atoms with Gasteiger partial charge < -0.3 is 5.32 Å². The first-order valence-electron chi connectivity index (χ1n) is 10.5. The first-order chi connectivity index (χ1) is 15.7. The van der Waals surface area contributed by atoms with Crippen molar-refractivity contribution in [2.75, 3.05) is 5.32 Å². The highest BCUT2D eigenvalue weighted by molar-refractivity contribution is 5.91. The number of aromatic nitrogens is 2. The van der Waals surface area contributed by atoms with Crippen molar-refractivity contribution in [2.24, 2.45) is 0 Å². The standard InChI is InChI=1S/C28H22FN3/c1-20-12-16-24(17-13-20)30-28-26(21-8-4-2-5-9-21)27(22-10-6-3-7-11-22)31-32(28)25-18-14-23(29)15-19-25/h2-19,30H,1H3. The molecule has 0 aliphatic carbocycles. The van der Waals surface area contributed by atoms with Gasteiger partial charge >= 0.3 is 0 Å². The molecule has 0 fully saturated rings. The molecule has 0 radical (unpaired) electrons. The largest absolute Gasteiger partial charge is 0.340 e. The monoisotopic (exact) mass is 419 g/mol. The van der Waals surface area contributed by atoms with Crippen LogP contribution in [0.2, 0.25) is 0 Å². The second-order valence-electron chi connectivity index (χ2n) is 7.68. The quantitative estimate of drug-likeness (QED) is 0.322. The Morgan fingerprint density at radius 2 is 1.28 bits per heavy atom. The first kappa shape index (κ1) is 19.8. The van der Waals surface area contributed by atoms with Crippen molar-refractivity contribution in [3.8, 4) is 28.1 Å². The van der Waals surface area contributed by atoms with E-state index in [9.17, 15) is 4.39 Å². The molecule has 32 heavy (non-hydrogen) atoms. The fourth-order valence-electron chi connectivity index (χ4n) is 3.75. The minimum absolute atomic E-state index is 0.277. The van der Waals surface area contributed by atoms with Gasteiger partial charge in [-0.2, -0.15) is 5.10 Å². The predicted octanol–water partition coefficient (Wildman–Crippen LogP) is 7.40. The Hall–Kier alpha value is -4.18. The normalized spacial score (nSPS) is 10.8. The molecule has 0 saturated carbocycles. The number of anilines is 2. The van der Waals surface area contributed by atoms with Crippen molar-refractivity contribution < 1.29 is 4.39 Å². The summed E-state index contributed by atoms with van der Waals surface area (Å²) in [6.45, 7) is 2.06. The SMILES string of the molecule is Cc1ccc(Nc2c(-c3ccccc3)c(-c3ccccc3)nn2-c2ccc(F)cc2)cc1. The number of hydrogen-bond acceptors (Lipinski definition) is 2. The van der Waals surface area contributed by atoms with Crippen molar-refractivity contribution in [2.45, 2.75) is 6.92 Å². The summed E-state index contributed by atoms with van der Waals surface area (Å²) in [7, 11) is 0. The lowest BCUT2D eigenvalue weighted by Gasteiger charge is -2.13. The van der Waals surface area contributed by atoms with Gasteiger partial charge in [0.1, 0.15) is 17.3 Å². The number of benzene rings is 4. The highest BCUT2D eigenvalue weighted by Gasteiger charge is 2.22. The summed E-state index contributed by atoms with van der Waals surface area (Å²) in [6.07, 6.45) is 0. The summed E-state index contributed by atoms with van der Waals surface area (Å²) in [5, 5.41) is 8.58. The van der Waals surface area contributed by atoms with Gasteiger partial charge in [0.05, 0.1) is 11.3 Å². The number of nitrogens with zero attached hydrogens (tertiary/aromatic N) is 2. The summed E-state index contributed by atoms with van der Waals surface area (Å²) in [6, 6.07) is 35.0.